The number of hydrogen-bond donors (Lipinski definition) is 1. The zero-order valence-electron chi connectivity index (χ0n) is 18.2. The Kier molecular flexibility index (Phi) is 7.41. The zero-order valence-corrected chi connectivity index (χ0v) is 19.0. The van der Waals surface area contributed by atoms with E-state index in [4.69, 9.17) is 14.2 Å². The average molecular weight is 443 g/mol. The Balaban J connectivity index is 1.62. The van der Waals surface area contributed by atoms with Crippen LogP contribution >= 0.6 is 11.8 Å². The largest absolute Gasteiger partial charge is 0.495 e. The summed E-state index contributed by atoms with van der Waals surface area (Å²) in [5.74, 6) is 2.57. The molecule has 164 valence electrons. The lowest BCUT2D eigenvalue weighted by molar-refractivity contribution is -0.113. The van der Waals surface area contributed by atoms with Crippen molar-refractivity contribution in [1.82, 2.24) is 14.8 Å². The molecule has 0 spiro atoms. The summed E-state index contributed by atoms with van der Waals surface area (Å²) in [6.07, 6.45) is -0.353. The second-order valence-electron chi connectivity index (χ2n) is 6.85. The molecule has 1 atom stereocenters. The Hall–Kier alpha value is -3.20. The van der Waals surface area contributed by atoms with Gasteiger partial charge in [0.25, 0.3) is 0 Å². The molecule has 0 saturated heterocycles. The number of benzene rings is 2. The molecule has 8 nitrogen and oxygen atoms in total. The summed E-state index contributed by atoms with van der Waals surface area (Å²) in [4.78, 5) is 12.4. The van der Waals surface area contributed by atoms with Gasteiger partial charge in [-0.1, -0.05) is 30.0 Å². The molecule has 1 heterocycles. The molecule has 0 aliphatic carbocycles. The number of aryl methyl sites for hydroxylation is 1. The fraction of sp³-hybridized carbons (Fsp3) is 0.318. The topological polar surface area (TPSA) is 87.5 Å². The minimum absolute atomic E-state index is 0.156. The molecule has 9 heteroatoms. The van der Waals surface area contributed by atoms with Gasteiger partial charge >= 0.3 is 0 Å². The highest BCUT2D eigenvalue weighted by Crippen LogP contribution is 2.31. The number of para-hydroxylation sites is 2. The molecule has 0 aliphatic rings. The summed E-state index contributed by atoms with van der Waals surface area (Å²) in [5, 5.41) is 12.0. The first kappa shape index (κ1) is 22.5. The molecule has 31 heavy (non-hydrogen) atoms. The minimum atomic E-state index is -0.353. The van der Waals surface area contributed by atoms with Crippen molar-refractivity contribution in [3.05, 3.63) is 53.9 Å². The molecule has 0 radical (unpaired) electrons. The summed E-state index contributed by atoms with van der Waals surface area (Å²) in [6.45, 7) is 3.85. The van der Waals surface area contributed by atoms with E-state index >= 15 is 0 Å². The van der Waals surface area contributed by atoms with Gasteiger partial charge in [-0.15, -0.1) is 10.2 Å². The van der Waals surface area contributed by atoms with Crippen molar-refractivity contribution < 1.29 is 19.0 Å². The summed E-state index contributed by atoms with van der Waals surface area (Å²) >= 11 is 1.30. The number of anilines is 1. The molecule has 2 aromatic carbocycles. The molecule has 0 fully saturated rings. The molecule has 0 saturated carbocycles. The van der Waals surface area contributed by atoms with Gasteiger partial charge < -0.3 is 24.1 Å². The maximum atomic E-state index is 12.4. The van der Waals surface area contributed by atoms with Crippen LogP contribution in [0.1, 0.15) is 24.4 Å². The number of nitrogens with zero attached hydrogens (tertiary/aromatic N) is 3. The van der Waals surface area contributed by atoms with Crippen molar-refractivity contribution >= 4 is 23.4 Å². The van der Waals surface area contributed by atoms with Gasteiger partial charge in [0.2, 0.25) is 5.91 Å². The van der Waals surface area contributed by atoms with E-state index in [9.17, 15) is 4.79 Å². The first-order valence-corrected chi connectivity index (χ1v) is 10.7. The van der Waals surface area contributed by atoms with E-state index in [0.29, 0.717) is 33.9 Å². The van der Waals surface area contributed by atoms with Crippen LogP contribution < -0.4 is 19.5 Å². The third kappa shape index (κ3) is 5.49. The van der Waals surface area contributed by atoms with Gasteiger partial charge in [0.05, 0.1) is 25.7 Å². The Morgan fingerprint density at radius 1 is 1.10 bits per heavy atom. The second kappa shape index (κ2) is 10.2. The lowest BCUT2D eigenvalue weighted by Gasteiger charge is -2.16. The number of methoxy groups -OCH3 is 2. The summed E-state index contributed by atoms with van der Waals surface area (Å²) in [7, 11) is 5.02. The van der Waals surface area contributed by atoms with Crippen molar-refractivity contribution in [1.29, 1.82) is 0 Å². The number of carbonyl (C=O) groups is 1. The van der Waals surface area contributed by atoms with Gasteiger partial charge in [0.1, 0.15) is 5.75 Å². The summed E-state index contributed by atoms with van der Waals surface area (Å²) in [5.41, 5.74) is 1.68. The first-order chi connectivity index (χ1) is 14.9. The fourth-order valence-electron chi connectivity index (χ4n) is 3.00. The van der Waals surface area contributed by atoms with Crippen LogP contribution in [-0.2, 0) is 11.8 Å². The lowest BCUT2D eigenvalue weighted by atomic mass is 10.2. The van der Waals surface area contributed by atoms with Crippen molar-refractivity contribution in [2.75, 3.05) is 25.3 Å². The molecule has 1 N–H and O–H groups in total. The van der Waals surface area contributed by atoms with Gasteiger partial charge in [0, 0.05) is 7.05 Å². The highest BCUT2D eigenvalue weighted by Gasteiger charge is 2.19. The number of thioether (sulfide) groups is 1. The highest BCUT2D eigenvalue weighted by molar-refractivity contribution is 7.99. The third-order valence-corrected chi connectivity index (χ3v) is 5.59. The Labute approximate surface area is 185 Å². The maximum Gasteiger partial charge on any atom is 0.234 e. The molecule has 3 rings (SSSR count). The number of rotatable bonds is 9. The normalized spacial score (nSPS) is 11.6. The zero-order chi connectivity index (χ0) is 22.4. The number of nitrogens with one attached hydrogen (secondary N) is 1. The van der Waals surface area contributed by atoms with Crippen LogP contribution in [0.25, 0.3) is 0 Å². The predicted octanol–water partition coefficient (Wildman–Crippen LogP) is 4.01. The Morgan fingerprint density at radius 3 is 2.52 bits per heavy atom. The van der Waals surface area contributed by atoms with Crippen LogP contribution in [0.15, 0.2) is 47.6 Å². The standard InChI is InChI=1S/C22H26N4O4S/c1-14-10-11-17(28-4)16(12-14)23-20(27)13-31-22-25-24-21(26(22)3)15(2)30-19-9-7-6-8-18(19)29-5/h6-12,15H,13H2,1-5H3,(H,23,27). The summed E-state index contributed by atoms with van der Waals surface area (Å²) < 4.78 is 18.5. The van der Waals surface area contributed by atoms with E-state index in [1.807, 2.05) is 67.9 Å². The van der Waals surface area contributed by atoms with Crippen LogP contribution in [0.3, 0.4) is 0 Å². The van der Waals surface area contributed by atoms with Crippen molar-refractivity contribution in [2.24, 2.45) is 7.05 Å². The first-order valence-electron chi connectivity index (χ1n) is 9.69. The van der Waals surface area contributed by atoms with Crippen molar-refractivity contribution in [2.45, 2.75) is 25.1 Å². The predicted molar refractivity (Wildman–Crippen MR) is 120 cm³/mol. The van der Waals surface area contributed by atoms with Crippen LogP contribution in [0.4, 0.5) is 5.69 Å². The van der Waals surface area contributed by atoms with Crippen molar-refractivity contribution in [3.8, 4) is 17.2 Å². The maximum absolute atomic E-state index is 12.4. The lowest BCUT2D eigenvalue weighted by Crippen LogP contribution is -2.15. The number of hydrogen-bond acceptors (Lipinski definition) is 7. The van der Waals surface area contributed by atoms with E-state index < -0.39 is 0 Å². The molecule has 0 bridgehead atoms. The number of aromatic nitrogens is 3. The van der Waals surface area contributed by atoms with Gasteiger partial charge in [-0.3, -0.25) is 4.79 Å². The molecule has 1 amide bonds. The van der Waals surface area contributed by atoms with Crippen LogP contribution in [-0.4, -0.2) is 40.6 Å². The van der Waals surface area contributed by atoms with E-state index in [0.717, 1.165) is 5.56 Å². The summed E-state index contributed by atoms with van der Waals surface area (Å²) in [6, 6.07) is 13.1. The van der Waals surface area contributed by atoms with Crippen LogP contribution in [0.5, 0.6) is 17.2 Å². The fourth-order valence-corrected chi connectivity index (χ4v) is 3.72. The van der Waals surface area contributed by atoms with E-state index in [1.165, 1.54) is 11.8 Å². The molecule has 0 aliphatic heterocycles. The number of ether oxygens (including phenoxy) is 3. The minimum Gasteiger partial charge on any atom is -0.495 e. The Morgan fingerprint density at radius 2 is 1.81 bits per heavy atom. The third-order valence-electron chi connectivity index (χ3n) is 4.57. The molecule has 1 unspecified atom stereocenters. The monoisotopic (exact) mass is 442 g/mol. The van der Waals surface area contributed by atoms with E-state index in [2.05, 4.69) is 15.5 Å². The van der Waals surface area contributed by atoms with Crippen molar-refractivity contribution in [3.63, 3.8) is 0 Å². The molecule has 3 aromatic rings. The average Bonchev–Trinajstić information content (AvgIpc) is 3.13. The highest BCUT2D eigenvalue weighted by atomic mass is 32.2. The van der Waals surface area contributed by atoms with Gasteiger partial charge in [-0.05, 0) is 43.7 Å². The van der Waals surface area contributed by atoms with Crippen LogP contribution in [0, 0.1) is 6.92 Å². The molecular formula is C22H26N4O4S. The van der Waals surface area contributed by atoms with E-state index in [-0.39, 0.29) is 17.8 Å². The Bertz CT molecular complexity index is 1050. The number of amides is 1. The van der Waals surface area contributed by atoms with Gasteiger partial charge in [0.15, 0.2) is 28.6 Å². The van der Waals surface area contributed by atoms with E-state index in [1.54, 1.807) is 14.2 Å². The smallest absolute Gasteiger partial charge is 0.234 e. The van der Waals surface area contributed by atoms with Gasteiger partial charge in [-0.25, -0.2) is 0 Å². The second-order valence-corrected chi connectivity index (χ2v) is 7.79. The van der Waals surface area contributed by atoms with Crippen LogP contribution in [0.2, 0.25) is 0 Å². The van der Waals surface area contributed by atoms with Gasteiger partial charge in [-0.2, -0.15) is 0 Å². The SMILES string of the molecule is COc1ccc(C)cc1NC(=O)CSc1nnc(C(C)Oc2ccccc2OC)n1C. The molecule has 1 aromatic heterocycles. The number of carbonyl (C=O) groups excluding carboxylic acids is 1. The molecular weight excluding hydrogens is 416 g/mol. The quantitative estimate of drug-likeness (QED) is 0.501.